The molecule has 0 radical (unpaired) electrons. The van der Waals surface area contributed by atoms with Crippen LogP contribution in [0.5, 0.6) is 0 Å². The van der Waals surface area contributed by atoms with E-state index in [9.17, 15) is 9.59 Å². The fourth-order valence-electron chi connectivity index (χ4n) is 3.16. The summed E-state index contributed by atoms with van der Waals surface area (Å²) in [6, 6.07) is 10.9. The van der Waals surface area contributed by atoms with Gasteiger partial charge in [-0.3, -0.25) is 14.6 Å². The summed E-state index contributed by atoms with van der Waals surface area (Å²) in [4.78, 5) is 28.2. The minimum atomic E-state index is -0.307. The summed E-state index contributed by atoms with van der Waals surface area (Å²) in [5, 5.41) is 7.13. The number of rotatable bonds is 5. The third kappa shape index (κ3) is 5.23. The van der Waals surface area contributed by atoms with Crippen molar-refractivity contribution in [1.29, 1.82) is 0 Å². The highest BCUT2D eigenvalue weighted by Crippen LogP contribution is 2.25. The molecule has 1 saturated carbocycles. The lowest BCUT2D eigenvalue weighted by atomic mass is 9.88. The van der Waals surface area contributed by atoms with Crippen LogP contribution in [0.4, 0.5) is 5.69 Å². The van der Waals surface area contributed by atoms with E-state index in [-0.39, 0.29) is 17.7 Å². The average molecular weight is 364 g/mol. The first-order chi connectivity index (χ1) is 13.1. The molecule has 1 aromatic heterocycles. The number of hydrogen-bond donors (Lipinski definition) is 2. The molecule has 1 aliphatic rings. The largest absolute Gasteiger partial charge is 0.326 e. The number of amides is 2. The standard InChI is InChI=1S/C21H24N4O2/c1-15(24-25-21(27)18-8-5-13-22-14-18)16-9-11-19(12-10-16)23-20(26)17-6-3-2-4-7-17/h5,8-14,17H,2-4,6-7H2,1H3,(H,23,26)(H,25,27). The van der Waals surface area contributed by atoms with E-state index in [2.05, 4.69) is 20.8 Å². The van der Waals surface area contributed by atoms with Crippen molar-refractivity contribution in [1.82, 2.24) is 10.4 Å². The molecule has 0 spiro atoms. The second-order valence-electron chi connectivity index (χ2n) is 6.78. The minimum Gasteiger partial charge on any atom is -0.326 e. The van der Waals surface area contributed by atoms with Crippen molar-refractivity contribution in [2.75, 3.05) is 5.32 Å². The average Bonchev–Trinajstić information content (AvgIpc) is 2.73. The topological polar surface area (TPSA) is 83.4 Å². The Hall–Kier alpha value is -3.02. The Morgan fingerprint density at radius 1 is 1.04 bits per heavy atom. The van der Waals surface area contributed by atoms with Gasteiger partial charge in [0.1, 0.15) is 0 Å². The fraction of sp³-hybridized carbons (Fsp3) is 0.333. The highest BCUT2D eigenvalue weighted by molar-refractivity contribution is 6.01. The fourth-order valence-corrected chi connectivity index (χ4v) is 3.16. The number of nitrogens with zero attached hydrogens (tertiary/aromatic N) is 2. The number of anilines is 1. The predicted octanol–water partition coefficient (Wildman–Crippen LogP) is 3.75. The van der Waals surface area contributed by atoms with E-state index in [1.807, 2.05) is 31.2 Å². The quantitative estimate of drug-likeness (QED) is 0.626. The number of benzene rings is 1. The Kier molecular flexibility index (Phi) is 6.30. The summed E-state index contributed by atoms with van der Waals surface area (Å²) in [5.74, 6) is -0.0696. The van der Waals surface area contributed by atoms with E-state index < -0.39 is 0 Å². The van der Waals surface area contributed by atoms with Crippen LogP contribution in [0.15, 0.2) is 53.9 Å². The van der Waals surface area contributed by atoms with Crippen LogP contribution >= 0.6 is 0 Å². The van der Waals surface area contributed by atoms with Crippen LogP contribution in [0.3, 0.4) is 0 Å². The van der Waals surface area contributed by atoms with Gasteiger partial charge in [-0.05, 0) is 49.6 Å². The smallest absolute Gasteiger partial charge is 0.272 e. The number of pyridine rings is 1. The van der Waals surface area contributed by atoms with Gasteiger partial charge in [0.15, 0.2) is 0 Å². The molecule has 6 nitrogen and oxygen atoms in total. The van der Waals surface area contributed by atoms with Crippen molar-refractivity contribution in [3.8, 4) is 0 Å². The molecule has 2 N–H and O–H groups in total. The zero-order valence-corrected chi connectivity index (χ0v) is 15.4. The zero-order chi connectivity index (χ0) is 19.1. The molecule has 0 saturated heterocycles. The van der Waals surface area contributed by atoms with Gasteiger partial charge < -0.3 is 5.32 Å². The zero-order valence-electron chi connectivity index (χ0n) is 15.4. The summed E-state index contributed by atoms with van der Waals surface area (Å²) in [5.41, 5.74) is 5.31. The molecule has 1 aliphatic carbocycles. The molecule has 0 unspecified atom stereocenters. The van der Waals surface area contributed by atoms with E-state index in [1.54, 1.807) is 18.3 Å². The lowest BCUT2D eigenvalue weighted by molar-refractivity contribution is -0.120. The number of hydrazone groups is 1. The van der Waals surface area contributed by atoms with Gasteiger partial charge in [0, 0.05) is 24.0 Å². The summed E-state index contributed by atoms with van der Waals surface area (Å²) in [6.07, 6.45) is 8.56. The Bertz CT molecular complexity index is 810. The number of carbonyl (C=O) groups excluding carboxylic acids is 2. The molecule has 0 aliphatic heterocycles. The van der Waals surface area contributed by atoms with E-state index in [4.69, 9.17) is 0 Å². The predicted molar refractivity (Wildman–Crippen MR) is 106 cm³/mol. The van der Waals surface area contributed by atoms with Gasteiger partial charge in [-0.2, -0.15) is 5.10 Å². The lowest BCUT2D eigenvalue weighted by Crippen LogP contribution is -2.24. The van der Waals surface area contributed by atoms with Crippen molar-refractivity contribution in [2.45, 2.75) is 39.0 Å². The van der Waals surface area contributed by atoms with Crippen molar-refractivity contribution in [3.63, 3.8) is 0 Å². The second-order valence-corrected chi connectivity index (χ2v) is 6.78. The van der Waals surface area contributed by atoms with Crippen LogP contribution in [0.25, 0.3) is 0 Å². The summed E-state index contributed by atoms with van der Waals surface area (Å²) < 4.78 is 0. The molecule has 1 heterocycles. The van der Waals surface area contributed by atoms with Gasteiger partial charge in [0.05, 0.1) is 11.3 Å². The number of hydrogen-bond acceptors (Lipinski definition) is 4. The van der Waals surface area contributed by atoms with Crippen molar-refractivity contribution in [3.05, 3.63) is 59.9 Å². The second kappa shape index (κ2) is 9.07. The monoisotopic (exact) mass is 364 g/mol. The van der Waals surface area contributed by atoms with Crippen LogP contribution in [0.2, 0.25) is 0 Å². The van der Waals surface area contributed by atoms with E-state index in [1.165, 1.54) is 12.6 Å². The van der Waals surface area contributed by atoms with Crippen molar-refractivity contribution in [2.24, 2.45) is 11.0 Å². The molecule has 3 rings (SSSR count). The normalized spacial score (nSPS) is 15.2. The van der Waals surface area contributed by atoms with Gasteiger partial charge in [0.2, 0.25) is 5.91 Å². The maximum atomic E-state index is 12.3. The summed E-state index contributed by atoms with van der Waals surface area (Å²) in [6.45, 7) is 1.82. The van der Waals surface area contributed by atoms with Crippen molar-refractivity contribution < 1.29 is 9.59 Å². The SMILES string of the molecule is CC(=NNC(=O)c1cccnc1)c1ccc(NC(=O)C2CCCCC2)cc1. The Morgan fingerprint density at radius 3 is 2.44 bits per heavy atom. The van der Waals surface area contributed by atoms with Gasteiger partial charge in [0.25, 0.3) is 5.91 Å². The Morgan fingerprint density at radius 2 is 1.78 bits per heavy atom. The van der Waals surface area contributed by atoms with Crippen molar-refractivity contribution >= 4 is 23.2 Å². The molecule has 2 aromatic rings. The van der Waals surface area contributed by atoms with E-state index in [0.29, 0.717) is 11.3 Å². The molecule has 6 heteroatoms. The van der Waals surface area contributed by atoms with Crippen LogP contribution in [0, 0.1) is 5.92 Å². The summed E-state index contributed by atoms with van der Waals surface area (Å²) >= 11 is 0. The maximum absolute atomic E-state index is 12.3. The Balaban J connectivity index is 1.57. The van der Waals surface area contributed by atoms with Gasteiger partial charge >= 0.3 is 0 Å². The third-order valence-corrected chi connectivity index (χ3v) is 4.80. The van der Waals surface area contributed by atoms with Crippen LogP contribution in [-0.4, -0.2) is 22.5 Å². The number of nitrogens with one attached hydrogen (secondary N) is 2. The maximum Gasteiger partial charge on any atom is 0.272 e. The minimum absolute atomic E-state index is 0.108. The van der Waals surface area contributed by atoms with E-state index >= 15 is 0 Å². The molecular formula is C21H24N4O2. The molecule has 0 bridgehead atoms. The first-order valence-electron chi connectivity index (χ1n) is 9.29. The van der Waals surface area contributed by atoms with Crippen LogP contribution < -0.4 is 10.7 Å². The molecule has 1 aromatic carbocycles. The number of aromatic nitrogens is 1. The molecular weight excluding hydrogens is 340 g/mol. The molecule has 2 amide bonds. The molecule has 1 fully saturated rings. The first-order valence-corrected chi connectivity index (χ1v) is 9.29. The molecule has 0 atom stereocenters. The van der Waals surface area contributed by atoms with Gasteiger partial charge in [-0.25, -0.2) is 5.43 Å². The Labute approximate surface area is 159 Å². The summed E-state index contributed by atoms with van der Waals surface area (Å²) in [7, 11) is 0. The van der Waals surface area contributed by atoms with Crippen LogP contribution in [0.1, 0.15) is 54.9 Å². The lowest BCUT2D eigenvalue weighted by Gasteiger charge is -2.20. The molecule has 140 valence electrons. The molecule has 27 heavy (non-hydrogen) atoms. The first kappa shape index (κ1) is 18.8. The van der Waals surface area contributed by atoms with E-state index in [0.717, 1.165) is 36.9 Å². The number of carbonyl (C=O) groups is 2. The van der Waals surface area contributed by atoms with Gasteiger partial charge in [-0.15, -0.1) is 0 Å². The third-order valence-electron chi connectivity index (χ3n) is 4.80. The highest BCUT2D eigenvalue weighted by atomic mass is 16.2. The van der Waals surface area contributed by atoms with Gasteiger partial charge in [-0.1, -0.05) is 31.4 Å². The van der Waals surface area contributed by atoms with Crippen LogP contribution in [-0.2, 0) is 4.79 Å². The highest BCUT2D eigenvalue weighted by Gasteiger charge is 2.20.